The van der Waals surface area contributed by atoms with Crippen LogP contribution in [0.25, 0.3) is 0 Å². The third-order valence-corrected chi connectivity index (χ3v) is 3.29. The highest BCUT2D eigenvalue weighted by Gasteiger charge is 2.14. The van der Waals surface area contributed by atoms with E-state index in [-0.39, 0.29) is 11.9 Å². The summed E-state index contributed by atoms with van der Waals surface area (Å²) in [6, 6.07) is 11.9. The molecule has 2 aromatic carbocycles. The number of hydrazine groups is 1. The summed E-state index contributed by atoms with van der Waals surface area (Å²) in [7, 11) is 1.61. The number of hydrogen-bond acceptors (Lipinski definition) is 3. The molecule has 1 unspecified atom stereocenters. The van der Waals surface area contributed by atoms with Crippen LogP contribution in [-0.4, -0.2) is 7.11 Å². The summed E-state index contributed by atoms with van der Waals surface area (Å²) in [5.41, 5.74) is 4.38. The minimum atomic E-state index is -0.307. The molecule has 0 radical (unpaired) electrons. The molecule has 2 aromatic rings. The number of ether oxygens (including phenoxy) is 1. The Kier molecular flexibility index (Phi) is 4.52. The molecule has 0 amide bonds. The fraction of sp³-hybridized carbons (Fsp3) is 0.143. The molecule has 0 aliphatic carbocycles. The zero-order valence-corrected chi connectivity index (χ0v) is 11.9. The molecule has 3 N–H and O–H groups in total. The van der Waals surface area contributed by atoms with Gasteiger partial charge in [0.05, 0.1) is 13.2 Å². The van der Waals surface area contributed by atoms with Crippen molar-refractivity contribution in [2.45, 2.75) is 6.04 Å². The Balaban J connectivity index is 2.37. The van der Waals surface area contributed by atoms with Crippen LogP contribution in [0, 0.1) is 5.82 Å². The number of hydrogen-bond donors (Lipinski definition) is 2. The van der Waals surface area contributed by atoms with Crippen LogP contribution in [0.2, 0.25) is 0 Å². The maximum atomic E-state index is 13.4. The minimum Gasteiger partial charge on any atom is -0.497 e. The molecule has 1 atom stereocenters. The maximum Gasteiger partial charge on any atom is 0.124 e. The van der Waals surface area contributed by atoms with Gasteiger partial charge in [0, 0.05) is 4.47 Å². The summed E-state index contributed by atoms with van der Waals surface area (Å²) in [4.78, 5) is 0. The van der Waals surface area contributed by atoms with Crippen LogP contribution in [0.1, 0.15) is 17.2 Å². The van der Waals surface area contributed by atoms with Gasteiger partial charge >= 0.3 is 0 Å². The van der Waals surface area contributed by atoms with E-state index in [0.29, 0.717) is 4.47 Å². The average Bonchev–Trinajstić information content (AvgIpc) is 2.39. The van der Waals surface area contributed by atoms with E-state index < -0.39 is 0 Å². The second kappa shape index (κ2) is 6.14. The van der Waals surface area contributed by atoms with E-state index >= 15 is 0 Å². The van der Waals surface area contributed by atoms with Crippen molar-refractivity contribution >= 4 is 15.9 Å². The molecule has 0 heterocycles. The van der Waals surface area contributed by atoms with Gasteiger partial charge < -0.3 is 4.74 Å². The molecule has 0 saturated carbocycles. The molecular formula is C14H14BrFN2O. The highest BCUT2D eigenvalue weighted by molar-refractivity contribution is 9.10. The topological polar surface area (TPSA) is 47.3 Å². The Hall–Kier alpha value is -1.43. The maximum absolute atomic E-state index is 13.4. The fourth-order valence-electron chi connectivity index (χ4n) is 1.92. The van der Waals surface area contributed by atoms with Gasteiger partial charge in [-0.05, 0) is 41.5 Å². The molecule has 0 spiro atoms. The smallest absolute Gasteiger partial charge is 0.124 e. The first-order valence-corrected chi connectivity index (χ1v) is 6.49. The van der Waals surface area contributed by atoms with E-state index in [4.69, 9.17) is 10.6 Å². The first-order valence-electron chi connectivity index (χ1n) is 5.70. The van der Waals surface area contributed by atoms with Gasteiger partial charge in [-0.3, -0.25) is 5.84 Å². The van der Waals surface area contributed by atoms with Gasteiger partial charge in [0.1, 0.15) is 11.6 Å². The lowest BCUT2D eigenvalue weighted by molar-refractivity contribution is 0.414. The van der Waals surface area contributed by atoms with Gasteiger partial charge in [-0.15, -0.1) is 0 Å². The zero-order valence-electron chi connectivity index (χ0n) is 10.4. The Morgan fingerprint density at radius 2 is 1.84 bits per heavy atom. The molecule has 19 heavy (non-hydrogen) atoms. The first-order chi connectivity index (χ1) is 9.13. The van der Waals surface area contributed by atoms with Crippen molar-refractivity contribution in [2.24, 2.45) is 5.84 Å². The third kappa shape index (κ3) is 3.32. The standard InChI is InChI=1S/C14H14BrFN2O/c1-19-13-4-2-9(3-5-13)14(18-17)10-6-11(15)8-12(16)7-10/h2-8,14,18H,17H2,1H3. The van der Waals surface area contributed by atoms with Crippen LogP contribution in [0.5, 0.6) is 5.75 Å². The molecule has 100 valence electrons. The van der Waals surface area contributed by atoms with Crippen molar-refractivity contribution in [3.05, 3.63) is 63.9 Å². The monoisotopic (exact) mass is 324 g/mol. The minimum absolute atomic E-state index is 0.280. The van der Waals surface area contributed by atoms with E-state index in [1.807, 2.05) is 30.3 Å². The van der Waals surface area contributed by atoms with Crippen LogP contribution in [0.4, 0.5) is 4.39 Å². The van der Waals surface area contributed by atoms with Gasteiger partial charge in [0.25, 0.3) is 0 Å². The summed E-state index contributed by atoms with van der Waals surface area (Å²) in [5, 5.41) is 0. The largest absolute Gasteiger partial charge is 0.497 e. The van der Waals surface area contributed by atoms with Crippen LogP contribution in [0.15, 0.2) is 46.9 Å². The number of nitrogens with one attached hydrogen (secondary N) is 1. The molecule has 0 saturated heterocycles. The van der Waals surface area contributed by atoms with Crippen molar-refractivity contribution < 1.29 is 9.13 Å². The predicted octanol–water partition coefficient (Wildman–Crippen LogP) is 3.15. The molecule has 0 bridgehead atoms. The van der Waals surface area contributed by atoms with E-state index in [1.54, 1.807) is 7.11 Å². The van der Waals surface area contributed by atoms with Gasteiger partial charge in [-0.25, -0.2) is 9.82 Å². The molecule has 2 rings (SSSR count). The van der Waals surface area contributed by atoms with Gasteiger partial charge in [0.15, 0.2) is 0 Å². The van der Waals surface area contributed by atoms with Gasteiger partial charge in [-0.1, -0.05) is 28.1 Å². The van der Waals surface area contributed by atoms with Gasteiger partial charge in [0.2, 0.25) is 0 Å². The molecule has 0 aliphatic heterocycles. The molecule has 3 nitrogen and oxygen atoms in total. The van der Waals surface area contributed by atoms with Crippen molar-refractivity contribution in [3.63, 3.8) is 0 Å². The number of rotatable bonds is 4. The summed E-state index contributed by atoms with van der Waals surface area (Å²) in [6.45, 7) is 0. The Morgan fingerprint density at radius 1 is 1.16 bits per heavy atom. The second-order valence-corrected chi connectivity index (χ2v) is 4.99. The quantitative estimate of drug-likeness (QED) is 0.671. The summed E-state index contributed by atoms with van der Waals surface area (Å²) in [5.74, 6) is 6.05. The van der Waals surface area contributed by atoms with Crippen LogP contribution in [0.3, 0.4) is 0 Å². The number of benzene rings is 2. The second-order valence-electron chi connectivity index (χ2n) is 4.08. The number of halogens is 2. The average molecular weight is 325 g/mol. The van der Waals surface area contributed by atoms with Crippen LogP contribution < -0.4 is 16.0 Å². The third-order valence-electron chi connectivity index (χ3n) is 2.83. The first kappa shape index (κ1) is 14.0. The summed E-state index contributed by atoms with van der Waals surface area (Å²) >= 11 is 3.28. The van der Waals surface area contributed by atoms with Gasteiger partial charge in [-0.2, -0.15) is 0 Å². The predicted molar refractivity (Wildman–Crippen MR) is 76.3 cm³/mol. The number of nitrogens with two attached hydrogens (primary N) is 1. The van der Waals surface area contributed by atoms with Crippen molar-refractivity contribution in [3.8, 4) is 5.75 Å². The summed E-state index contributed by atoms with van der Waals surface area (Å²) < 4.78 is 19.2. The lowest BCUT2D eigenvalue weighted by Gasteiger charge is -2.17. The molecular weight excluding hydrogens is 311 g/mol. The lowest BCUT2D eigenvalue weighted by atomic mass is 9.99. The van der Waals surface area contributed by atoms with Crippen molar-refractivity contribution in [2.75, 3.05) is 7.11 Å². The highest BCUT2D eigenvalue weighted by Crippen LogP contribution is 2.26. The fourth-order valence-corrected chi connectivity index (χ4v) is 2.41. The van der Waals surface area contributed by atoms with Crippen LogP contribution >= 0.6 is 15.9 Å². The Morgan fingerprint density at radius 3 is 2.37 bits per heavy atom. The normalized spacial score (nSPS) is 12.2. The Labute approximate surface area is 119 Å². The molecule has 0 aromatic heterocycles. The van der Waals surface area contributed by atoms with Crippen molar-refractivity contribution in [1.29, 1.82) is 0 Å². The van der Waals surface area contributed by atoms with Crippen LogP contribution in [-0.2, 0) is 0 Å². The highest BCUT2D eigenvalue weighted by atomic mass is 79.9. The SMILES string of the molecule is COc1ccc(C(NN)c2cc(F)cc(Br)c2)cc1. The van der Waals surface area contributed by atoms with E-state index in [0.717, 1.165) is 16.9 Å². The molecule has 0 aliphatic rings. The number of methoxy groups -OCH3 is 1. The molecule has 5 heteroatoms. The van der Waals surface area contributed by atoms with Crippen molar-refractivity contribution in [1.82, 2.24) is 5.43 Å². The van der Waals surface area contributed by atoms with E-state index in [9.17, 15) is 4.39 Å². The Bertz CT molecular complexity index is 540. The lowest BCUT2D eigenvalue weighted by Crippen LogP contribution is -2.28. The van der Waals surface area contributed by atoms with E-state index in [1.165, 1.54) is 12.1 Å². The van der Waals surface area contributed by atoms with E-state index in [2.05, 4.69) is 21.4 Å². The summed E-state index contributed by atoms with van der Waals surface area (Å²) in [6.07, 6.45) is 0. The zero-order chi connectivity index (χ0) is 13.8. The molecule has 0 fully saturated rings.